The van der Waals surface area contributed by atoms with Crippen LogP contribution in [0.25, 0.3) is 28.0 Å². The van der Waals surface area contributed by atoms with Crippen LogP contribution in [0, 0.1) is 5.92 Å². The van der Waals surface area contributed by atoms with Gasteiger partial charge in [-0.3, -0.25) is 0 Å². The summed E-state index contributed by atoms with van der Waals surface area (Å²) in [6.45, 7) is 2.31. The summed E-state index contributed by atoms with van der Waals surface area (Å²) in [4.78, 5) is 0. The maximum absolute atomic E-state index is 2.57. The molecule has 2 unspecified atom stereocenters. The molecule has 33 heavy (non-hydrogen) atoms. The fourth-order valence-corrected chi connectivity index (χ4v) is 7.24. The van der Waals surface area contributed by atoms with E-state index in [1.165, 1.54) is 49.0 Å². The van der Waals surface area contributed by atoms with E-state index in [1.807, 2.05) is 0 Å². The van der Waals surface area contributed by atoms with Gasteiger partial charge in [0.2, 0.25) is 0 Å². The van der Waals surface area contributed by atoms with Crippen molar-refractivity contribution in [3.8, 4) is 0 Å². The van der Waals surface area contributed by atoms with E-state index < -0.39 is 0 Å². The van der Waals surface area contributed by atoms with Crippen LogP contribution in [0.15, 0.2) is 95.6 Å². The standard InChI is InChI=1S/C33H26/c1-19-14-16-20(17-15-19)23-9-5-12-25-24-10-4-8-22-18-28-26-11-2-6-21-7-3-13-27(29(21)26)32(28)33(30(22)24)31(23)25/h2-4,6-11,13-14,16-19,28,32H,5,12,15H2,1H3/t19?,28?,32-/m1/s1. The molecule has 3 atom stereocenters. The first kappa shape index (κ1) is 18.1. The summed E-state index contributed by atoms with van der Waals surface area (Å²) in [6.07, 6.45) is 15.8. The highest BCUT2D eigenvalue weighted by molar-refractivity contribution is 6.04. The van der Waals surface area contributed by atoms with Crippen LogP contribution < -0.4 is 10.4 Å². The van der Waals surface area contributed by atoms with Gasteiger partial charge in [-0.2, -0.15) is 0 Å². The first-order valence-corrected chi connectivity index (χ1v) is 12.5. The van der Waals surface area contributed by atoms with Gasteiger partial charge in [-0.15, -0.1) is 0 Å². The lowest BCUT2D eigenvalue weighted by Crippen LogP contribution is -2.34. The molecular weight excluding hydrogens is 396 g/mol. The molecule has 3 aromatic rings. The molecule has 5 aliphatic carbocycles. The summed E-state index contributed by atoms with van der Waals surface area (Å²) >= 11 is 0. The summed E-state index contributed by atoms with van der Waals surface area (Å²) in [5.41, 5.74) is 12.2. The third-order valence-electron chi connectivity index (χ3n) is 8.59. The van der Waals surface area contributed by atoms with Crippen molar-refractivity contribution in [2.24, 2.45) is 5.92 Å². The quantitative estimate of drug-likeness (QED) is 0.411. The average molecular weight is 423 g/mol. The summed E-state index contributed by atoms with van der Waals surface area (Å²) in [5.74, 6) is 1.48. The average Bonchev–Trinajstić information content (AvgIpc) is 3.36. The predicted molar refractivity (Wildman–Crippen MR) is 138 cm³/mol. The largest absolute Gasteiger partial charge is 0.0808 e. The second kappa shape index (κ2) is 6.35. The van der Waals surface area contributed by atoms with Gasteiger partial charge < -0.3 is 0 Å². The van der Waals surface area contributed by atoms with Crippen LogP contribution in [0.4, 0.5) is 0 Å². The van der Waals surface area contributed by atoms with E-state index in [0.717, 1.165) is 19.3 Å². The lowest BCUT2D eigenvalue weighted by atomic mass is 9.73. The van der Waals surface area contributed by atoms with Crippen LogP contribution in [-0.2, 0) is 0 Å². The maximum atomic E-state index is 2.57. The number of allylic oxidation sites excluding steroid dienone is 8. The summed E-state index contributed by atoms with van der Waals surface area (Å²) in [6, 6.07) is 20.9. The zero-order valence-corrected chi connectivity index (χ0v) is 18.9. The van der Waals surface area contributed by atoms with E-state index in [9.17, 15) is 0 Å². The molecule has 5 aliphatic rings. The molecule has 0 heterocycles. The molecule has 8 rings (SSSR count). The molecule has 0 aromatic heterocycles. The number of rotatable bonds is 1. The maximum Gasteiger partial charge on any atom is 0.0212 e. The molecule has 0 spiro atoms. The fourth-order valence-electron chi connectivity index (χ4n) is 7.24. The smallest absolute Gasteiger partial charge is 0.0212 e. The molecule has 0 N–H and O–H groups in total. The third kappa shape index (κ3) is 2.27. The summed E-state index contributed by atoms with van der Waals surface area (Å²) < 4.78 is 0. The summed E-state index contributed by atoms with van der Waals surface area (Å²) in [7, 11) is 0. The van der Waals surface area contributed by atoms with Crippen molar-refractivity contribution >= 4 is 28.0 Å². The SMILES string of the molecule is CC1C=CC(C2=CCCC3=C2C2=c4c3cccc4=CC3c4cccc5cccc(c45)[C@@H]23)=CC1. The minimum absolute atomic E-state index is 0.417. The normalized spacial score (nSPS) is 26.0. The molecule has 0 aliphatic heterocycles. The van der Waals surface area contributed by atoms with E-state index in [4.69, 9.17) is 0 Å². The second-order valence-electron chi connectivity index (χ2n) is 10.4. The lowest BCUT2D eigenvalue weighted by molar-refractivity contribution is 0.732. The molecule has 0 heteroatoms. The Hall–Kier alpha value is -3.38. The van der Waals surface area contributed by atoms with E-state index in [2.05, 4.69) is 91.9 Å². The van der Waals surface area contributed by atoms with Gasteiger partial charge in [-0.1, -0.05) is 91.9 Å². The zero-order valence-electron chi connectivity index (χ0n) is 18.9. The Labute approximate surface area is 194 Å². The highest BCUT2D eigenvalue weighted by Crippen LogP contribution is 2.57. The molecule has 3 aromatic carbocycles. The Morgan fingerprint density at radius 1 is 0.879 bits per heavy atom. The number of fused-ring (bicyclic) bond motifs is 6. The Morgan fingerprint density at radius 2 is 1.73 bits per heavy atom. The summed E-state index contributed by atoms with van der Waals surface area (Å²) in [5, 5.41) is 5.84. The third-order valence-corrected chi connectivity index (χ3v) is 8.59. The van der Waals surface area contributed by atoms with E-state index in [0.29, 0.717) is 17.8 Å². The van der Waals surface area contributed by atoms with Gasteiger partial charge in [0.25, 0.3) is 0 Å². The fraction of sp³-hybridized carbons (Fsp3) is 0.212. The topological polar surface area (TPSA) is 0 Å². The van der Waals surface area contributed by atoms with Crippen molar-refractivity contribution < 1.29 is 0 Å². The van der Waals surface area contributed by atoms with E-state index >= 15 is 0 Å². The molecule has 0 saturated heterocycles. The van der Waals surface area contributed by atoms with Gasteiger partial charge in [-0.25, -0.2) is 0 Å². The van der Waals surface area contributed by atoms with Crippen LogP contribution in [0.5, 0.6) is 0 Å². The van der Waals surface area contributed by atoms with Crippen LogP contribution >= 0.6 is 0 Å². The van der Waals surface area contributed by atoms with Crippen molar-refractivity contribution in [2.75, 3.05) is 0 Å². The Bertz CT molecular complexity index is 1640. The number of benzene rings is 3. The minimum atomic E-state index is 0.417. The van der Waals surface area contributed by atoms with Gasteiger partial charge in [-0.05, 0) is 90.9 Å². The van der Waals surface area contributed by atoms with Gasteiger partial charge >= 0.3 is 0 Å². The molecule has 0 nitrogen and oxygen atoms in total. The molecule has 0 bridgehead atoms. The van der Waals surface area contributed by atoms with E-state index in [-0.39, 0.29) is 0 Å². The minimum Gasteiger partial charge on any atom is -0.0808 e. The molecule has 0 radical (unpaired) electrons. The first-order valence-electron chi connectivity index (χ1n) is 12.5. The molecule has 0 saturated carbocycles. The number of hydrogen-bond donors (Lipinski definition) is 0. The Kier molecular flexibility index (Phi) is 3.48. The van der Waals surface area contributed by atoms with Gasteiger partial charge in [0.15, 0.2) is 0 Å². The van der Waals surface area contributed by atoms with Gasteiger partial charge in [0.1, 0.15) is 0 Å². The van der Waals surface area contributed by atoms with Crippen LogP contribution in [0.3, 0.4) is 0 Å². The monoisotopic (exact) mass is 422 g/mol. The lowest BCUT2D eigenvalue weighted by Gasteiger charge is -2.29. The first-order chi connectivity index (χ1) is 16.3. The van der Waals surface area contributed by atoms with Gasteiger partial charge in [0.05, 0.1) is 0 Å². The van der Waals surface area contributed by atoms with Crippen LogP contribution in [0.1, 0.15) is 54.7 Å². The van der Waals surface area contributed by atoms with Crippen molar-refractivity contribution in [3.05, 3.63) is 123 Å². The Morgan fingerprint density at radius 3 is 2.58 bits per heavy atom. The second-order valence-corrected chi connectivity index (χ2v) is 10.4. The highest BCUT2D eigenvalue weighted by atomic mass is 14.4. The van der Waals surface area contributed by atoms with Crippen LogP contribution in [0.2, 0.25) is 0 Å². The molecule has 0 amide bonds. The van der Waals surface area contributed by atoms with Crippen molar-refractivity contribution in [1.82, 2.24) is 0 Å². The zero-order chi connectivity index (χ0) is 21.7. The van der Waals surface area contributed by atoms with E-state index in [1.54, 1.807) is 16.7 Å². The van der Waals surface area contributed by atoms with Gasteiger partial charge in [0, 0.05) is 11.8 Å². The molecule has 0 fully saturated rings. The predicted octanol–water partition coefficient (Wildman–Crippen LogP) is 6.68. The highest BCUT2D eigenvalue weighted by Gasteiger charge is 2.42. The number of hydrogen-bond acceptors (Lipinski definition) is 0. The molecular formula is C33H26. The van der Waals surface area contributed by atoms with Crippen molar-refractivity contribution in [3.63, 3.8) is 0 Å². The van der Waals surface area contributed by atoms with Crippen LogP contribution in [-0.4, -0.2) is 0 Å². The van der Waals surface area contributed by atoms with Crippen molar-refractivity contribution in [2.45, 2.75) is 38.0 Å². The van der Waals surface area contributed by atoms with Crippen molar-refractivity contribution in [1.29, 1.82) is 0 Å². The Balaban J connectivity index is 1.43. The molecule has 158 valence electrons.